The molecule has 1 N–H and O–H groups in total. The van der Waals surface area contributed by atoms with Crippen LogP contribution in [-0.2, 0) is 14.4 Å². The number of hydrogen-bond donors (Lipinski definition) is 1. The molecule has 2 amide bonds. The number of carbonyl (C=O) groups excluding carboxylic acids is 2. The van der Waals surface area contributed by atoms with Crippen LogP contribution in [0.1, 0.15) is 53.9 Å². The van der Waals surface area contributed by atoms with Crippen LogP contribution in [0, 0.1) is 10.8 Å². The molecular weight excluding hydrogens is 246 g/mol. The van der Waals surface area contributed by atoms with Gasteiger partial charge >= 0.3 is 5.97 Å². The number of likely N-dealkylation sites (tertiary alicyclic amines) is 1. The van der Waals surface area contributed by atoms with Crippen molar-refractivity contribution in [2.45, 2.75) is 59.9 Å². The number of carbonyl (C=O) groups is 3. The Balaban J connectivity index is 3.24. The maximum atomic E-state index is 12.5. The van der Waals surface area contributed by atoms with E-state index in [1.807, 2.05) is 13.8 Å². The molecular formula is C14H23NO4. The second kappa shape index (κ2) is 4.94. The van der Waals surface area contributed by atoms with E-state index in [1.165, 1.54) is 0 Å². The fourth-order valence-electron chi connectivity index (χ4n) is 2.75. The monoisotopic (exact) mass is 269 g/mol. The molecule has 0 aliphatic carbocycles. The molecule has 1 atom stereocenters. The third-order valence-electron chi connectivity index (χ3n) is 4.10. The van der Waals surface area contributed by atoms with E-state index in [2.05, 4.69) is 0 Å². The topological polar surface area (TPSA) is 74.7 Å². The van der Waals surface area contributed by atoms with Gasteiger partial charge in [-0.25, -0.2) is 4.79 Å². The van der Waals surface area contributed by atoms with Crippen molar-refractivity contribution in [2.24, 2.45) is 10.8 Å². The van der Waals surface area contributed by atoms with Gasteiger partial charge in [0.25, 0.3) is 0 Å². The van der Waals surface area contributed by atoms with Gasteiger partial charge in [0.05, 0.1) is 5.41 Å². The van der Waals surface area contributed by atoms with Crippen LogP contribution >= 0.6 is 0 Å². The number of amides is 2. The third kappa shape index (κ3) is 2.51. The maximum Gasteiger partial charge on any atom is 0.327 e. The first-order chi connectivity index (χ1) is 8.60. The van der Waals surface area contributed by atoms with Crippen molar-refractivity contribution in [3.8, 4) is 0 Å². The second-order valence-electron chi connectivity index (χ2n) is 6.34. The average molecular weight is 269 g/mol. The Morgan fingerprint density at radius 1 is 1.32 bits per heavy atom. The summed E-state index contributed by atoms with van der Waals surface area (Å²) in [4.78, 5) is 37.1. The van der Waals surface area contributed by atoms with Gasteiger partial charge in [0.15, 0.2) is 0 Å². The fraction of sp³-hybridized carbons (Fsp3) is 0.786. The van der Waals surface area contributed by atoms with E-state index in [1.54, 1.807) is 20.8 Å². The molecule has 0 aromatic carbocycles. The Kier molecular flexibility index (Phi) is 4.08. The summed E-state index contributed by atoms with van der Waals surface area (Å²) in [5.74, 6) is -1.82. The predicted octanol–water partition coefficient (Wildman–Crippen LogP) is 2.05. The summed E-state index contributed by atoms with van der Waals surface area (Å²) in [5, 5.41) is 9.37. The first kappa shape index (κ1) is 15.7. The van der Waals surface area contributed by atoms with Gasteiger partial charge in [-0.05, 0) is 18.3 Å². The molecule has 1 saturated heterocycles. The summed E-state index contributed by atoms with van der Waals surface area (Å²) in [6.07, 6.45) is 1.24. The van der Waals surface area contributed by atoms with Crippen molar-refractivity contribution >= 4 is 17.8 Å². The molecule has 0 saturated carbocycles. The molecule has 1 aliphatic heterocycles. The van der Waals surface area contributed by atoms with Crippen molar-refractivity contribution in [3.05, 3.63) is 0 Å². The Morgan fingerprint density at radius 3 is 2.05 bits per heavy atom. The molecule has 19 heavy (non-hydrogen) atoms. The maximum absolute atomic E-state index is 12.5. The molecule has 108 valence electrons. The van der Waals surface area contributed by atoms with Gasteiger partial charge in [-0.3, -0.25) is 14.5 Å². The van der Waals surface area contributed by atoms with Crippen molar-refractivity contribution in [1.29, 1.82) is 0 Å². The summed E-state index contributed by atoms with van der Waals surface area (Å²) in [6.45, 7) is 8.91. The van der Waals surface area contributed by atoms with Crippen LogP contribution in [0.3, 0.4) is 0 Å². The van der Waals surface area contributed by atoms with Crippen LogP contribution in [-0.4, -0.2) is 33.8 Å². The van der Waals surface area contributed by atoms with Crippen LogP contribution in [0.25, 0.3) is 0 Å². The number of imide groups is 1. The molecule has 1 heterocycles. The highest BCUT2D eigenvalue weighted by Gasteiger charge is 2.55. The molecule has 1 unspecified atom stereocenters. The van der Waals surface area contributed by atoms with E-state index < -0.39 is 22.8 Å². The Bertz CT molecular complexity index is 404. The minimum absolute atomic E-state index is 0.124. The van der Waals surface area contributed by atoms with Gasteiger partial charge < -0.3 is 5.11 Å². The van der Waals surface area contributed by atoms with Gasteiger partial charge in [0, 0.05) is 6.42 Å². The predicted molar refractivity (Wildman–Crippen MR) is 70.4 cm³/mol. The van der Waals surface area contributed by atoms with Gasteiger partial charge in [-0.1, -0.05) is 34.6 Å². The summed E-state index contributed by atoms with van der Waals surface area (Å²) >= 11 is 0. The smallest absolute Gasteiger partial charge is 0.327 e. The first-order valence-corrected chi connectivity index (χ1v) is 6.70. The zero-order chi connectivity index (χ0) is 15.0. The molecule has 5 nitrogen and oxygen atoms in total. The third-order valence-corrected chi connectivity index (χ3v) is 4.10. The zero-order valence-corrected chi connectivity index (χ0v) is 12.3. The largest absolute Gasteiger partial charge is 0.480 e. The van der Waals surface area contributed by atoms with E-state index in [4.69, 9.17) is 0 Å². The SMILES string of the molecule is CCC1(CC)CC(=O)N(C(C(=O)O)C(C)(C)C)C1=O. The number of aliphatic carboxylic acids is 1. The standard InChI is InChI=1S/C14H23NO4/c1-6-14(7-2)8-9(16)15(12(14)19)10(11(17)18)13(3,4)5/h10H,6-8H2,1-5H3,(H,17,18). The Hall–Kier alpha value is -1.39. The lowest BCUT2D eigenvalue weighted by Gasteiger charge is -2.34. The van der Waals surface area contributed by atoms with E-state index in [0.29, 0.717) is 12.8 Å². The number of rotatable bonds is 4. The van der Waals surface area contributed by atoms with Crippen molar-refractivity contribution < 1.29 is 19.5 Å². The second-order valence-corrected chi connectivity index (χ2v) is 6.34. The van der Waals surface area contributed by atoms with Crippen molar-refractivity contribution in [3.63, 3.8) is 0 Å². The molecule has 1 aliphatic rings. The minimum Gasteiger partial charge on any atom is -0.480 e. The van der Waals surface area contributed by atoms with Crippen molar-refractivity contribution in [1.82, 2.24) is 4.90 Å². The zero-order valence-electron chi connectivity index (χ0n) is 12.3. The van der Waals surface area contributed by atoms with Crippen LogP contribution in [0.15, 0.2) is 0 Å². The van der Waals surface area contributed by atoms with Crippen LogP contribution < -0.4 is 0 Å². The lowest BCUT2D eigenvalue weighted by Crippen LogP contribution is -2.53. The lowest BCUT2D eigenvalue weighted by atomic mass is 9.80. The van der Waals surface area contributed by atoms with Gasteiger partial charge in [-0.2, -0.15) is 0 Å². The van der Waals surface area contributed by atoms with Gasteiger partial charge in [-0.15, -0.1) is 0 Å². The number of carboxylic acids is 1. The summed E-state index contributed by atoms with van der Waals surface area (Å²) in [5.41, 5.74) is -1.40. The fourth-order valence-corrected chi connectivity index (χ4v) is 2.75. The number of nitrogens with zero attached hydrogens (tertiary/aromatic N) is 1. The summed E-state index contributed by atoms with van der Waals surface area (Å²) in [7, 11) is 0. The normalized spacial score (nSPS) is 20.8. The van der Waals surface area contributed by atoms with E-state index in [-0.39, 0.29) is 18.2 Å². The molecule has 0 spiro atoms. The lowest BCUT2D eigenvalue weighted by molar-refractivity contribution is -0.160. The van der Waals surface area contributed by atoms with Crippen LogP contribution in [0.4, 0.5) is 0 Å². The number of hydrogen-bond acceptors (Lipinski definition) is 3. The van der Waals surface area contributed by atoms with Gasteiger partial charge in [0.2, 0.25) is 11.8 Å². The highest BCUT2D eigenvalue weighted by molar-refractivity contribution is 6.08. The molecule has 0 aromatic rings. The summed E-state index contributed by atoms with van der Waals surface area (Å²) in [6, 6.07) is -1.10. The first-order valence-electron chi connectivity index (χ1n) is 6.70. The van der Waals surface area contributed by atoms with Crippen molar-refractivity contribution in [2.75, 3.05) is 0 Å². The summed E-state index contributed by atoms with van der Waals surface area (Å²) < 4.78 is 0. The molecule has 0 bridgehead atoms. The van der Waals surface area contributed by atoms with Crippen LogP contribution in [0.2, 0.25) is 0 Å². The van der Waals surface area contributed by atoms with E-state index >= 15 is 0 Å². The van der Waals surface area contributed by atoms with E-state index in [9.17, 15) is 19.5 Å². The molecule has 0 aromatic heterocycles. The molecule has 5 heteroatoms. The molecule has 1 rings (SSSR count). The Morgan fingerprint density at radius 2 is 1.79 bits per heavy atom. The van der Waals surface area contributed by atoms with Crippen LogP contribution in [0.5, 0.6) is 0 Å². The highest BCUT2D eigenvalue weighted by atomic mass is 16.4. The quantitative estimate of drug-likeness (QED) is 0.793. The molecule has 1 fully saturated rings. The molecule has 0 radical (unpaired) electrons. The minimum atomic E-state index is -1.13. The Labute approximate surface area is 114 Å². The van der Waals surface area contributed by atoms with Gasteiger partial charge in [0.1, 0.15) is 6.04 Å². The average Bonchev–Trinajstić information content (AvgIpc) is 2.52. The highest BCUT2D eigenvalue weighted by Crippen LogP contribution is 2.42. The van der Waals surface area contributed by atoms with E-state index in [0.717, 1.165) is 4.90 Å². The number of carboxylic acid groups (broad SMARTS) is 1.